The van der Waals surface area contributed by atoms with E-state index in [1.54, 1.807) is 14.0 Å². The van der Waals surface area contributed by atoms with Crippen molar-refractivity contribution >= 4 is 17.6 Å². The highest BCUT2D eigenvalue weighted by molar-refractivity contribution is 6.07. The summed E-state index contributed by atoms with van der Waals surface area (Å²) in [6, 6.07) is 6.73. The Morgan fingerprint density at radius 1 is 1.17 bits per heavy atom. The van der Waals surface area contributed by atoms with E-state index in [-0.39, 0.29) is 23.3 Å². The number of aromatic nitrogens is 2. The van der Waals surface area contributed by atoms with Gasteiger partial charge >= 0.3 is 0 Å². The lowest BCUT2D eigenvalue weighted by atomic mass is 10.1. The van der Waals surface area contributed by atoms with E-state index in [4.69, 9.17) is 4.74 Å². The number of rotatable bonds is 3. The van der Waals surface area contributed by atoms with Crippen LogP contribution in [0.3, 0.4) is 0 Å². The van der Waals surface area contributed by atoms with E-state index in [2.05, 4.69) is 15.3 Å². The molecule has 1 aromatic heterocycles. The fourth-order valence-electron chi connectivity index (χ4n) is 2.40. The monoisotopic (exact) mass is 312 g/mol. The van der Waals surface area contributed by atoms with E-state index < -0.39 is 6.04 Å². The summed E-state index contributed by atoms with van der Waals surface area (Å²) in [6.45, 7) is 1.98. The number of anilines is 1. The molecule has 0 unspecified atom stereocenters. The van der Waals surface area contributed by atoms with Crippen LogP contribution in [0.4, 0.5) is 5.82 Å². The molecule has 23 heavy (non-hydrogen) atoms. The molecule has 0 saturated heterocycles. The summed E-state index contributed by atoms with van der Waals surface area (Å²) in [4.78, 5) is 34.5. The predicted molar refractivity (Wildman–Crippen MR) is 83.0 cm³/mol. The number of fused-ring (bicyclic) bond motifs is 1. The number of ether oxygens (including phenoxy) is 1. The highest BCUT2D eigenvalue weighted by atomic mass is 16.5. The molecule has 118 valence electrons. The molecular weight excluding hydrogens is 296 g/mol. The molecule has 0 radical (unpaired) electrons. The van der Waals surface area contributed by atoms with Crippen LogP contribution in [0, 0.1) is 0 Å². The first-order valence-electron chi connectivity index (χ1n) is 7.16. The van der Waals surface area contributed by atoms with Gasteiger partial charge in [-0.25, -0.2) is 9.97 Å². The predicted octanol–water partition coefficient (Wildman–Crippen LogP) is 1.47. The van der Waals surface area contributed by atoms with Crippen LogP contribution >= 0.6 is 0 Å². The van der Waals surface area contributed by atoms with Gasteiger partial charge < -0.3 is 15.0 Å². The standard InChI is InChI=1S/C16H16N4O3/c1-10-15(21)19-14-13(17-7-8-18-14)16(22)20(10)9-11-3-5-12(23-2)6-4-11/h3-8,10H,9H2,1-2H3,(H,18,19,21)/t10-/m0/s1. The number of benzene rings is 1. The second-order valence-corrected chi connectivity index (χ2v) is 5.20. The number of nitrogens with one attached hydrogen (secondary N) is 1. The second kappa shape index (κ2) is 6.04. The summed E-state index contributed by atoms with van der Waals surface area (Å²) in [5.74, 6) is 0.324. The minimum atomic E-state index is -0.624. The summed E-state index contributed by atoms with van der Waals surface area (Å²) in [5.41, 5.74) is 1.05. The lowest BCUT2D eigenvalue weighted by molar-refractivity contribution is -0.120. The van der Waals surface area contributed by atoms with Gasteiger partial charge in [0.15, 0.2) is 11.5 Å². The Balaban J connectivity index is 1.92. The molecule has 0 aliphatic carbocycles. The maximum absolute atomic E-state index is 12.7. The highest BCUT2D eigenvalue weighted by Crippen LogP contribution is 2.22. The molecule has 2 heterocycles. The van der Waals surface area contributed by atoms with Gasteiger partial charge in [-0.05, 0) is 24.6 Å². The van der Waals surface area contributed by atoms with Gasteiger partial charge in [0.2, 0.25) is 5.91 Å². The normalized spacial score (nSPS) is 17.3. The van der Waals surface area contributed by atoms with Crippen molar-refractivity contribution in [2.75, 3.05) is 12.4 Å². The van der Waals surface area contributed by atoms with Crippen molar-refractivity contribution in [3.05, 3.63) is 47.9 Å². The molecule has 2 aromatic rings. The third-order valence-corrected chi connectivity index (χ3v) is 3.76. The van der Waals surface area contributed by atoms with Gasteiger partial charge in [-0.1, -0.05) is 12.1 Å². The minimum absolute atomic E-state index is 0.152. The molecule has 7 nitrogen and oxygen atoms in total. The van der Waals surface area contributed by atoms with Crippen molar-refractivity contribution in [1.82, 2.24) is 14.9 Å². The maximum atomic E-state index is 12.7. The molecule has 0 saturated carbocycles. The zero-order chi connectivity index (χ0) is 16.4. The van der Waals surface area contributed by atoms with Gasteiger partial charge in [0.25, 0.3) is 5.91 Å². The second-order valence-electron chi connectivity index (χ2n) is 5.20. The molecular formula is C16H16N4O3. The smallest absolute Gasteiger partial charge is 0.277 e. The number of nitrogens with zero attached hydrogens (tertiary/aromatic N) is 3. The van der Waals surface area contributed by atoms with Gasteiger partial charge in [0.1, 0.15) is 11.8 Å². The van der Waals surface area contributed by atoms with Gasteiger partial charge in [0.05, 0.1) is 7.11 Å². The summed E-state index contributed by atoms with van der Waals surface area (Å²) in [5, 5.41) is 2.64. The molecule has 3 rings (SSSR count). The van der Waals surface area contributed by atoms with Crippen LogP contribution in [0.5, 0.6) is 5.75 Å². The highest BCUT2D eigenvalue weighted by Gasteiger charge is 2.33. The summed E-state index contributed by atoms with van der Waals surface area (Å²) >= 11 is 0. The van der Waals surface area contributed by atoms with E-state index in [1.807, 2.05) is 24.3 Å². The number of hydrogen-bond acceptors (Lipinski definition) is 5. The van der Waals surface area contributed by atoms with Crippen LogP contribution in [0.1, 0.15) is 23.0 Å². The van der Waals surface area contributed by atoms with Crippen LogP contribution in [0.25, 0.3) is 0 Å². The molecule has 1 aromatic carbocycles. The first-order valence-corrected chi connectivity index (χ1v) is 7.16. The van der Waals surface area contributed by atoms with Crippen molar-refractivity contribution in [2.45, 2.75) is 19.5 Å². The average molecular weight is 312 g/mol. The fourth-order valence-corrected chi connectivity index (χ4v) is 2.40. The topological polar surface area (TPSA) is 84.4 Å². The molecule has 7 heteroatoms. The lowest BCUT2D eigenvalue weighted by Crippen LogP contribution is -2.42. The number of hydrogen-bond donors (Lipinski definition) is 1. The van der Waals surface area contributed by atoms with Gasteiger partial charge in [-0.15, -0.1) is 0 Å². The van der Waals surface area contributed by atoms with Crippen molar-refractivity contribution in [1.29, 1.82) is 0 Å². The Kier molecular flexibility index (Phi) is 3.92. The number of amides is 2. The Morgan fingerprint density at radius 2 is 1.87 bits per heavy atom. The largest absolute Gasteiger partial charge is 0.497 e. The molecule has 1 atom stereocenters. The van der Waals surface area contributed by atoms with Crippen LogP contribution in [0.15, 0.2) is 36.7 Å². The van der Waals surface area contributed by atoms with E-state index in [1.165, 1.54) is 17.3 Å². The third kappa shape index (κ3) is 2.85. The number of carbonyl (C=O) groups is 2. The van der Waals surface area contributed by atoms with Crippen LogP contribution in [0.2, 0.25) is 0 Å². The Labute approximate surface area is 133 Å². The summed E-state index contributed by atoms with van der Waals surface area (Å²) < 4.78 is 5.12. The number of carbonyl (C=O) groups excluding carboxylic acids is 2. The summed E-state index contributed by atoms with van der Waals surface area (Å²) in [7, 11) is 1.59. The first-order chi connectivity index (χ1) is 11.1. The summed E-state index contributed by atoms with van der Waals surface area (Å²) in [6.07, 6.45) is 2.88. The molecule has 0 bridgehead atoms. The number of methoxy groups -OCH3 is 1. The van der Waals surface area contributed by atoms with Crippen LogP contribution < -0.4 is 10.1 Å². The third-order valence-electron chi connectivity index (χ3n) is 3.76. The van der Waals surface area contributed by atoms with E-state index in [0.29, 0.717) is 6.54 Å². The quantitative estimate of drug-likeness (QED) is 0.927. The van der Waals surface area contributed by atoms with Gasteiger partial charge in [-0.3, -0.25) is 9.59 Å². The average Bonchev–Trinajstić information content (AvgIpc) is 2.67. The lowest BCUT2D eigenvalue weighted by Gasteiger charge is -2.25. The Hall–Kier alpha value is -2.96. The minimum Gasteiger partial charge on any atom is -0.497 e. The van der Waals surface area contributed by atoms with Crippen molar-refractivity contribution in [3.63, 3.8) is 0 Å². The first kappa shape index (κ1) is 15.0. The van der Waals surface area contributed by atoms with Gasteiger partial charge in [-0.2, -0.15) is 0 Å². The van der Waals surface area contributed by atoms with E-state index >= 15 is 0 Å². The van der Waals surface area contributed by atoms with Crippen molar-refractivity contribution in [2.24, 2.45) is 0 Å². The van der Waals surface area contributed by atoms with Crippen molar-refractivity contribution < 1.29 is 14.3 Å². The van der Waals surface area contributed by atoms with Gasteiger partial charge in [0, 0.05) is 18.9 Å². The molecule has 1 aliphatic rings. The Morgan fingerprint density at radius 3 is 2.57 bits per heavy atom. The molecule has 0 spiro atoms. The molecule has 2 amide bonds. The fraction of sp³-hybridized carbons (Fsp3) is 0.250. The SMILES string of the molecule is COc1ccc(CN2C(=O)c3nccnc3NC(=O)[C@@H]2C)cc1. The molecule has 1 N–H and O–H groups in total. The maximum Gasteiger partial charge on any atom is 0.277 e. The zero-order valence-electron chi connectivity index (χ0n) is 12.8. The van der Waals surface area contributed by atoms with Crippen LogP contribution in [-0.4, -0.2) is 39.8 Å². The zero-order valence-corrected chi connectivity index (χ0v) is 12.8. The van der Waals surface area contributed by atoms with E-state index in [9.17, 15) is 9.59 Å². The van der Waals surface area contributed by atoms with Crippen LogP contribution in [-0.2, 0) is 11.3 Å². The Bertz CT molecular complexity index is 745. The molecule has 1 aliphatic heterocycles. The van der Waals surface area contributed by atoms with E-state index in [0.717, 1.165) is 11.3 Å². The van der Waals surface area contributed by atoms with Crippen molar-refractivity contribution in [3.8, 4) is 5.75 Å². The molecule has 0 fully saturated rings.